The van der Waals surface area contributed by atoms with Crippen molar-refractivity contribution in [1.29, 1.82) is 0 Å². The second-order valence-electron chi connectivity index (χ2n) is 4.09. The quantitative estimate of drug-likeness (QED) is 0.653. The van der Waals surface area contributed by atoms with Crippen molar-refractivity contribution in [3.63, 3.8) is 0 Å². The summed E-state index contributed by atoms with van der Waals surface area (Å²) in [7, 11) is 2.14. The van der Waals surface area contributed by atoms with Gasteiger partial charge in [0.25, 0.3) is 0 Å². The predicted molar refractivity (Wildman–Crippen MR) is 44.4 cm³/mol. The first kappa shape index (κ1) is 7.56. The Bertz CT molecular complexity index is 144. The molecule has 0 bridgehead atoms. The standard InChI is InChI=1S/C9H17NO/c1-10(6-7-2-3-7)8-4-5-9(8)11/h7-9,11H,2-6H2,1H3. The van der Waals surface area contributed by atoms with Gasteiger partial charge >= 0.3 is 0 Å². The molecule has 0 aromatic rings. The van der Waals surface area contributed by atoms with Crippen LogP contribution in [0.2, 0.25) is 0 Å². The van der Waals surface area contributed by atoms with Gasteiger partial charge in [0.15, 0.2) is 0 Å². The van der Waals surface area contributed by atoms with Gasteiger partial charge in [-0.2, -0.15) is 0 Å². The molecule has 2 heteroatoms. The number of likely N-dealkylation sites (N-methyl/N-ethyl adjacent to an activating group) is 1. The number of hydrogen-bond donors (Lipinski definition) is 1. The van der Waals surface area contributed by atoms with E-state index in [1.165, 1.54) is 25.8 Å². The van der Waals surface area contributed by atoms with Crippen LogP contribution in [0.15, 0.2) is 0 Å². The van der Waals surface area contributed by atoms with Gasteiger partial charge in [0.05, 0.1) is 6.10 Å². The third-order valence-electron chi connectivity index (χ3n) is 3.01. The number of aliphatic hydroxyl groups excluding tert-OH is 1. The zero-order valence-corrected chi connectivity index (χ0v) is 7.16. The average molecular weight is 155 g/mol. The third kappa shape index (κ3) is 1.57. The minimum atomic E-state index is -0.0289. The lowest BCUT2D eigenvalue weighted by molar-refractivity contribution is -0.0113. The Labute approximate surface area is 68.2 Å². The SMILES string of the molecule is CN(CC1CC1)C1CCC1O. The van der Waals surface area contributed by atoms with E-state index in [2.05, 4.69) is 11.9 Å². The fourth-order valence-corrected chi connectivity index (χ4v) is 1.82. The minimum Gasteiger partial charge on any atom is -0.391 e. The summed E-state index contributed by atoms with van der Waals surface area (Å²) in [5.74, 6) is 0.952. The summed E-state index contributed by atoms with van der Waals surface area (Å²) >= 11 is 0. The minimum absolute atomic E-state index is 0.0289. The van der Waals surface area contributed by atoms with Crippen molar-refractivity contribution in [2.75, 3.05) is 13.6 Å². The van der Waals surface area contributed by atoms with Crippen LogP contribution in [0.5, 0.6) is 0 Å². The molecule has 1 N–H and O–H groups in total. The van der Waals surface area contributed by atoms with Crippen molar-refractivity contribution in [1.82, 2.24) is 4.90 Å². The van der Waals surface area contributed by atoms with Gasteiger partial charge in [-0.05, 0) is 38.6 Å². The van der Waals surface area contributed by atoms with Gasteiger partial charge in [-0.25, -0.2) is 0 Å². The van der Waals surface area contributed by atoms with Crippen LogP contribution in [0.25, 0.3) is 0 Å². The molecule has 2 atom stereocenters. The topological polar surface area (TPSA) is 23.5 Å². The Balaban J connectivity index is 1.74. The van der Waals surface area contributed by atoms with E-state index in [-0.39, 0.29) is 6.10 Å². The highest BCUT2D eigenvalue weighted by Gasteiger charge is 2.34. The van der Waals surface area contributed by atoms with Crippen molar-refractivity contribution >= 4 is 0 Å². The van der Waals surface area contributed by atoms with Crippen LogP contribution >= 0.6 is 0 Å². The van der Waals surface area contributed by atoms with E-state index in [9.17, 15) is 5.11 Å². The summed E-state index contributed by atoms with van der Waals surface area (Å²) in [5.41, 5.74) is 0. The Morgan fingerprint density at radius 1 is 1.27 bits per heavy atom. The molecule has 64 valence electrons. The normalized spacial score (nSPS) is 37.4. The lowest BCUT2D eigenvalue weighted by atomic mass is 9.88. The summed E-state index contributed by atoms with van der Waals surface area (Å²) in [6.45, 7) is 1.21. The fourth-order valence-electron chi connectivity index (χ4n) is 1.82. The molecule has 0 spiro atoms. The van der Waals surface area contributed by atoms with Gasteiger partial charge in [-0.1, -0.05) is 0 Å². The van der Waals surface area contributed by atoms with Gasteiger partial charge in [-0.3, -0.25) is 0 Å². The Hall–Kier alpha value is -0.0800. The summed E-state index contributed by atoms with van der Waals surface area (Å²) in [6.07, 6.45) is 5.00. The zero-order chi connectivity index (χ0) is 7.84. The molecule has 2 unspecified atom stereocenters. The molecule has 0 radical (unpaired) electrons. The maximum atomic E-state index is 9.37. The summed E-state index contributed by atoms with van der Waals surface area (Å²) in [4.78, 5) is 2.34. The van der Waals surface area contributed by atoms with E-state index < -0.39 is 0 Å². The number of rotatable bonds is 3. The molecule has 0 saturated heterocycles. The van der Waals surface area contributed by atoms with Gasteiger partial charge in [-0.15, -0.1) is 0 Å². The Morgan fingerprint density at radius 3 is 2.36 bits per heavy atom. The predicted octanol–water partition coefficient (Wildman–Crippen LogP) is 0.851. The van der Waals surface area contributed by atoms with Crippen LogP contribution in [0.3, 0.4) is 0 Å². The molecule has 2 saturated carbocycles. The molecular weight excluding hydrogens is 138 g/mol. The number of hydrogen-bond acceptors (Lipinski definition) is 2. The first-order valence-corrected chi connectivity index (χ1v) is 4.65. The van der Waals surface area contributed by atoms with Crippen molar-refractivity contribution in [2.45, 2.75) is 37.8 Å². The van der Waals surface area contributed by atoms with E-state index in [1.54, 1.807) is 0 Å². The van der Waals surface area contributed by atoms with Gasteiger partial charge < -0.3 is 10.0 Å². The van der Waals surface area contributed by atoms with E-state index in [0.717, 1.165) is 12.3 Å². The van der Waals surface area contributed by atoms with Crippen molar-refractivity contribution in [3.8, 4) is 0 Å². The maximum Gasteiger partial charge on any atom is 0.0695 e. The van der Waals surface area contributed by atoms with Crippen molar-refractivity contribution in [3.05, 3.63) is 0 Å². The molecule has 0 aromatic heterocycles. The van der Waals surface area contributed by atoms with Crippen molar-refractivity contribution < 1.29 is 5.11 Å². The molecule has 0 amide bonds. The van der Waals surface area contributed by atoms with Gasteiger partial charge in [0.2, 0.25) is 0 Å². The summed E-state index contributed by atoms with van der Waals surface area (Å²) < 4.78 is 0. The van der Waals surface area contributed by atoms with Crippen molar-refractivity contribution in [2.24, 2.45) is 5.92 Å². The average Bonchev–Trinajstić information content (AvgIpc) is 2.68. The first-order valence-electron chi connectivity index (χ1n) is 4.65. The molecule has 0 heterocycles. The van der Waals surface area contributed by atoms with E-state index in [1.807, 2.05) is 0 Å². The largest absolute Gasteiger partial charge is 0.391 e. The molecule has 0 aliphatic heterocycles. The second-order valence-corrected chi connectivity index (χ2v) is 4.09. The third-order valence-corrected chi connectivity index (χ3v) is 3.01. The smallest absolute Gasteiger partial charge is 0.0695 e. The molecular formula is C9H17NO. The van der Waals surface area contributed by atoms with Crippen LogP contribution in [0.1, 0.15) is 25.7 Å². The monoisotopic (exact) mass is 155 g/mol. The molecule has 2 nitrogen and oxygen atoms in total. The van der Waals surface area contributed by atoms with Crippen LogP contribution in [-0.2, 0) is 0 Å². The number of nitrogens with zero attached hydrogens (tertiary/aromatic N) is 1. The fraction of sp³-hybridized carbons (Fsp3) is 1.00. The highest BCUT2D eigenvalue weighted by Crippen LogP contribution is 2.32. The Morgan fingerprint density at radius 2 is 2.00 bits per heavy atom. The highest BCUT2D eigenvalue weighted by atomic mass is 16.3. The summed E-state index contributed by atoms with van der Waals surface area (Å²) in [6, 6.07) is 0.482. The number of aliphatic hydroxyl groups is 1. The van der Waals surface area contributed by atoms with Crippen LogP contribution in [0.4, 0.5) is 0 Å². The van der Waals surface area contributed by atoms with Crippen LogP contribution in [-0.4, -0.2) is 35.7 Å². The summed E-state index contributed by atoms with van der Waals surface area (Å²) in [5, 5.41) is 9.37. The van der Waals surface area contributed by atoms with E-state index in [4.69, 9.17) is 0 Å². The van der Waals surface area contributed by atoms with Gasteiger partial charge in [0, 0.05) is 12.6 Å². The van der Waals surface area contributed by atoms with E-state index in [0.29, 0.717) is 6.04 Å². The lowest BCUT2D eigenvalue weighted by Gasteiger charge is -2.39. The first-order chi connectivity index (χ1) is 5.27. The van der Waals surface area contributed by atoms with Crippen LogP contribution in [0, 0.1) is 5.92 Å². The molecule has 11 heavy (non-hydrogen) atoms. The molecule has 2 fully saturated rings. The zero-order valence-electron chi connectivity index (χ0n) is 7.16. The molecule has 0 aromatic carbocycles. The molecule has 2 rings (SSSR count). The Kier molecular flexibility index (Phi) is 1.90. The highest BCUT2D eigenvalue weighted by molar-refractivity contribution is 4.89. The van der Waals surface area contributed by atoms with Crippen LogP contribution < -0.4 is 0 Å². The maximum absolute atomic E-state index is 9.37. The molecule has 2 aliphatic rings. The van der Waals surface area contributed by atoms with E-state index >= 15 is 0 Å². The second kappa shape index (κ2) is 2.76. The molecule has 2 aliphatic carbocycles. The van der Waals surface area contributed by atoms with Gasteiger partial charge in [0.1, 0.15) is 0 Å². The lowest BCUT2D eigenvalue weighted by Crippen LogP contribution is -2.49.